The van der Waals surface area contributed by atoms with Crippen molar-refractivity contribution in [1.29, 1.82) is 0 Å². The number of nitrogens with zero attached hydrogens (tertiary/aromatic N) is 2. The molecule has 138 valence electrons. The van der Waals surface area contributed by atoms with Gasteiger partial charge in [0.25, 0.3) is 5.91 Å². The van der Waals surface area contributed by atoms with Crippen LogP contribution in [0.1, 0.15) is 42.7 Å². The van der Waals surface area contributed by atoms with Crippen LogP contribution in [0, 0.1) is 5.41 Å². The molecule has 1 atom stereocenters. The minimum atomic E-state index is -0.260. The molecule has 3 aliphatic heterocycles. The number of likely N-dealkylation sites (tertiary alicyclic amines) is 2. The summed E-state index contributed by atoms with van der Waals surface area (Å²) in [5.74, 6) is 0.404. The maximum atomic E-state index is 12.5. The number of hydrogen-bond donors (Lipinski definition) is 1. The molecule has 1 aromatic rings. The summed E-state index contributed by atoms with van der Waals surface area (Å²) in [5.41, 5.74) is 0.135. The van der Waals surface area contributed by atoms with Gasteiger partial charge in [0.15, 0.2) is 5.76 Å². The van der Waals surface area contributed by atoms with Crippen LogP contribution < -0.4 is 0 Å². The fourth-order valence-corrected chi connectivity index (χ4v) is 4.83. The van der Waals surface area contributed by atoms with Crippen LogP contribution in [0.3, 0.4) is 0 Å². The Morgan fingerprint density at radius 2 is 2.00 bits per heavy atom. The number of β-amino-alcohol motifs (C(OH)–C–C–N with tert-alkyl or cyclic N) is 1. The zero-order chi connectivity index (χ0) is 17.3. The summed E-state index contributed by atoms with van der Waals surface area (Å²) in [5, 5.41) is 10.5. The van der Waals surface area contributed by atoms with Crippen molar-refractivity contribution in [1.82, 2.24) is 9.80 Å². The monoisotopic (exact) mass is 348 g/mol. The number of ether oxygens (including phenoxy) is 1. The number of furan rings is 1. The lowest BCUT2D eigenvalue weighted by molar-refractivity contribution is -0.0696. The second-order valence-corrected chi connectivity index (χ2v) is 7.90. The molecule has 3 fully saturated rings. The molecule has 1 N–H and O–H groups in total. The molecule has 0 saturated carbocycles. The SMILES string of the molecule is O=C(c1ccco1)N1CCC2(CC1)CC(O)CN(C1CCOCC1)C2. The molecule has 0 radical (unpaired) electrons. The first-order chi connectivity index (χ1) is 12.2. The fraction of sp³-hybridized carbons (Fsp3) is 0.737. The second-order valence-electron chi connectivity index (χ2n) is 7.90. The molecule has 3 saturated heterocycles. The van der Waals surface area contributed by atoms with Gasteiger partial charge in [-0.15, -0.1) is 0 Å². The lowest BCUT2D eigenvalue weighted by Gasteiger charge is -2.51. The molecule has 1 amide bonds. The van der Waals surface area contributed by atoms with E-state index < -0.39 is 0 Å². The number of aliphatic hydroxyl groups excluding tert-OH is 1. The van der Waals surface area contributed by atoms with Gasteiger partial charge in [-0.25, -0.2) is 0 Å². The Balaban J connectivity index is 1.39. The van der Waals surface area contributed by atoms with E-state index in [2.05, 4.69) is 4.90 Å². The summed E-state index contributed by atoms with van der Waals surface area (Å²) in [6.07, 6.45) is 6.17. The first-order valence-electron chi connectivity index (χ1n) is 9.48. The van der Waals surface area contributed by atoms with Crippen LogP contribution in [-0.2, 0) is 4.74 Å². The normalized spacial score (nSPS) is 28.4. The molecular formula is C19H28N2O4. The molecule has 0 bridgehead atoms. The predicted octanol–water partition coefficient (Wildman–Crippen LogP) is 1.75. The molecule has 25 heavy (non-hydrogen) atoms. The molecule has 0 aliphatic carbocycles. The summed E-state index contributed by atoms with van der Waals surface area (Å²) in [6, 6.07) is 4.01. The number of amides is 1. The highest BCUT2D eigenvalue weighted by Crippen LogP contribution is 2.41. The van der Waals surface area contributed by atoms with Gasteiger partial charge in [-0.3, -0.25) is 9.69 Å². The molecular weight excluding hydrogens is 320 g/mol. The van der Waals surface area contributed by atoms with E-state index in [9.17, 15) is 9.90 Å². The van der Waals surface area contributed by atoms with Gasteiger partial charge in [0.1, 0.15) is 0 Å². The first-order valence-corrected chi connectivity index (χ1v) is 9.48. The molecule has 4 heterocycles. The van der Waals surface area contributed by atoms with Crippen molar-refractivity contribution < 1.29 is 19.1 Å². The summed E-state index contributed by atoms with van der Waals surface area (Å²) in [6.45, 7) is 4.96. The van der Waals surface area contributed by atoms with Gasteiger partial charge in [-0.2, -0.15) is 0 Å². The number of aliphatic hydroxyl groups is 1. The summed E-state index contributed by atoms with van der Waals surface area (Å²) in [4.78, 5) is 16.8. The average molecular weight is 348 g/mol. The third kappa shape index (κ3) is 3.61. The third-order valence-corrected chi connectivity index (χ3v) is 6.20. The zero-order valence-corrected chi connectivity index (χ0v) is 14.7. The van der Waals surface area contributed by atoms with Gasteiger partial charge in [0.2, 0.25) is 0 Å². The van der Waals surface area contributed by atoms with Crippen molar-refractivity contribution >= 4 is 5.91 Å². The van der Waals surface area contributed by atoms with E-state index in [1.165, 1.54) is 0 Å². The highest BCUT2D eigenvalue weighted by Gasteiger charge is 2.44. The van der Waals surface area contributed by atoms with Crippen LogP contribution >= 0.6 is 0 Å². The number of carbonyl (C=O) groups excluding carboxylic acids is 1. The van der Waals surface area contributed by atoms with E-state index in [4.69, 9.17) is 9.15 Å². The van der Waals surface area contributed by atoms with Crippen LogP contribution in [0.25, 0.3) is 0 Å². The van der Waals surface area contributed by atoms with E-state index in [0.29, 0.717) is 11.8 Å². The molecule has 1 spiro atoms. The van der Waals surface area contributed by atoms with E-state index in [1.54, 1.807) is 18.4 Å². The topological polar surface area (TPSA) is 66.2 Å². The van der Waals surface area contributed by atoms with E-state index >= 15 is 0 Å². The largest absolute Gasteiger partial charge is 0.459 e. The van der Waals surface area contributed by atoms with Crippen LogP contribution in [-0.4, -0.2) is 72.4 Å². The highest BCUT2D eigenvalue weighted by atomic mass is 16.5. The van der Waals surface area contributed by atoms with Crippen molar-refractivity contribution in [3.05, 3.63) is 24.2 Å². The van der Waals surface area contributed by atoms with Crippen molar-refractivity contribution in [3.8, 4) is 0 Å². The van der Waals surface area contributed by atoms with Crippen molar-refractivity contribution in [2.75, 3.05) is 39.4 Å². The van der Waals surface area contributed by atoms with Crippen molar-refractivity contribution in [2.45, 2.75) is 44.2 Å². The minimum Gasteiger partial charge on any atom is -0.459 e. The number of piperidine rings is 2. The van der Waals surface area contributed by atoms with Gasteiger partial charge < -0.3 is 19.2 Å². The molecule has 4 rings (SSSR count). The van der Waals surface area contributed by atoms with E-state index in [0.717, 1.165) is 71.5 Å². The van der Waals surface area contributed by atoms with Crippen molar-refractivity contribution in [2.24, 2.45) is 5.41 Å². The number of carbonyl (C=O) groups is 1. The fourth-order valence-electron chi connectivity index (χ4n) is 4.83. The molecule has 6 heteroatoms. The van der Waals surface area contributed by atoms with Crippen LogP contribution in [0.15, 0.2) is 22.8 Å². The Hall–Kier alpha value is -1.37. The number of hydrogen-bond acceptors (Lipinski definition) is 5. The van der Waals surface area contributed by atoms with Gasteiger partial charge in [0.05, 0.1) is 12.4 Å². The summed E-state index contributed by atoms with van der Waals surface area (Å²) >= 11 is 0. The maximum absolute atomic E-state index is 12.5. The zero-order valence-electron chi connectivity index (χ0n) is 14.7. The first kappa shape index (κ1) is 17.1. The Labute approximate surface area is 148 Å². The van der Waals surface area contributed by atoms with Crippen LogP contribution in [0.2, 0.25) is 0 Å². The quantitative estimate of drug-likeness (QED) is 0.882. The molecule has 3 aliphatic rings. The van der Waals surface area contributed by atoms with E-state index in [1.807, 2.05) is 4.90 Å². The minimum absolute atomic E-state index is 0.0162. The standard InChI is InChI=1S/C19H28N2O4/c22-16-12-19(14-21(13-16)15-3-10-24-11-4-15)5-7-20(8-6-19)18(23)17-2-1-9-25-17/h1-2,9,15-16,22H,3-8,10-14H2. The Bertz CT molecular complexity index is 574. The van der Waals surface area contributed by atoms with Crippen LogP contribution in [0.4, 0.5) is 0 Å². The molecule has 6 nitrogen and oxygen atoms in total. The maximum Gasteiger partial charge on any atom is 0.289 e. The van der Waals surface area contributed by atoms with E-state index in [-0.39, 0.29) is 17.4 Å². The second kappa shape index (κ2) is 7.09. The Morgan fingerprint density at radius 1 is 1.24 bits per heavy atom. The third-order valence-electron chi connectivity index (χ3n) is 6.20. The molecule has 1 unspecified atom stereocenters. The number of rotatable bonds is 2. The smallest absolute Gasteiger partial charge is 0.289 e. The van der Waals surface area contributed by atoms with Gasteiger partial charge >= 0.3 is 0 Å². The summed E-state index contributed by atoms with van der Waals surface area (Å²) in [7, 11) is 0. The summed E-state index contributed by atoms with van der Waals surface area (Å²) < 4.78 is 10.7. The highest BCUT2D eigenvalue weighted by molar-refractivity contribution is 5.91. The van der Waals surface area contributed by atoms with Gasteiger partial charge in [-0.1, -0.05) is 0 Å². The molecule has 0 aromatic carbocycles. The molecule has 1 aromatic heterocycles. The Morgan fingerprint density at radius 3 is 2.68 bits per heavy atom. The Kier molecular flexibility index (Phi) is 4.84. The lowest BCUT2D eigenvalue weighted by Crippen LogP contribution is -2.57. The average Bonchev–Trinajstić information content (AvgIpc) is 3.17. The van der Waals surface area contributed by atoms with Gasteiger partial charge in [0, 0.05) is 45.4 Å². The lowest BCUT2D eigenvalue weighted by atomic mass is 9.71. The van der Waals surface area contributed by atoms with Crippen molar-refractivity contribution in [3.63, 3.8) is 0 Å². The predicted molar refractivity (Wildman–Crippen MR) is 92.3 cm³/mol. The van der Waals surface area contributed by atoms with Gasteiger partial charge in [-0.05, 0) is 49.7 Å². The van der Waals surface area contributed by atoms with Crippen LogP contribution in [0.5, 0.6) is 0 Å².